The molecule has 0 aliphatic rings. The second-order valence-electron chi connectivity index (χ2n) is 3.36. The highest BCUT2D eigenvalue weighted by Gasteiger charge is 1.99. The number of carbonyl (C=O) groups is 1. The Hall–Kier alpha value is -0.910. The number of rotatable bonds is 10. The predicted octanol–water partition coefficient (Wildman–Crippen LogP) is -0.0687. The van der Waals surface area contributed by atoms with Gasteiger partial charge < -0.3 is 20.1 Å². The lowest BCUT2D eigenvalue weighted by Crippen LogP contribution is -2.28. The summed E-state index contributed by atoms with van der Waals surface area (Å²) in [5, 5.41) is 5.66. The first-order chi connectivity index (χ1) is 7.68. The molecule has 0 aliphatic carbocycles. The van der Waals surface area contributed by atoms with Crippen LogP contribution in [0.4, 0.5) is 0 Å². The topological polar surface area (TPSA) is 59.6 Å². The highest BCUT2D eigenvalue weighted by molar-refractivity contribution is 5.91. The molecule has 0 bridgehead atoms. The predicted molar refractivity (Wildman–Crippen MR) is 63.4 cm³/mol. The molecule has 0 saturated heterocycles. The van der Waals surface area contributed by atoms with E-state index in [0.717, 1.165) is 6.54 Å². The molecular weight excluding hydrogens is 208 g/mol. The molecule has 16 heavy (non-hydrogen) atoms. The third-order valence-electron chi connectivity index (χ3n) is 1.79. The first kappa shape index (κ1) is 15.1. The quantitative estimate of drug-likeness (QED) is 0.407. The lowest BCUT2D eigenvalue weighted by molar-refractivity contribution is -0.117. The van der Waals surface area contributed by atoms with Gasteiger partial charge in [-0.2, -0.15) is 0 Å². The fourth-order valence-corrected chi connectivity index (χ4v) is 0.884. The van der Waals surface area contributed by atoms with E-state index in [9.17, 15) is 4.79 Å². The van der Waals surface area contributed by atoms with Crippen molar-refractivity contribution in [1.82, 2.24) is 10.6 Å². The number of hydrogen-bond acceptors (Lipinski definition) is 4. The SMILES string of the molecule is C=C(C)C(=O)NCCOCCOCCNC. The smallest absolute Gasteiger partial charge is 0.246 e. The second kappa shape index (κ2) is 10.6. The minimum absolute atomic E-state index is 0.131. The van der Waals surface area contributed by atoms with Crippen LogP contribution < -0.4 is 10.6 Å². The minimum atomic E-state index is -0.131. The van der Waals surface area contributed by atoms with Gasteiger partial charge in [0.1, 0.15) is 0 Å². The standard InChI is InChI=1S/C11H22N2O3/c1-10(2)11(14)13-5-7-16-9-8-15-6-4-12-3/h12H,1,4-9H2,2-3H3,(H,13,14). The van der Waals surface area contributed by atoms with E-state index in [1.54, 1.807) is 6.92 Å². The molecule has 1 amide bonds. The van der Waals surface area contributed by atoms with E-state index < -0.39 is 0 Å². The number of carbonyl (C=O) groups excluding carboxylic acids is 1. The van der Waals surface area contributed by atoms with Crippen LogP contribution in [0.25, 0.3) is 0 Å². The molecule has 0 aromatic heterocycles. The van der Waals surface area contributed by atoms with Crippen LogP contribution in [-0.2, 0) is 14.3 Å². The van der Waals surface area contributed by atoms with Crippen molar-refractivity contribution in [2.45, 2.75) is 6.92 Å². The van der Waals surface area contributed by atoms with Crippen LogP contribution in [0.5, 0.6) is 0 Å². The van der Waals surface area contributed by atoms with Gasteiger partial charge >= 0.3 is 0 Å². The Balaban J connectivity index is 3.10. The zero-order valence-electron chi connectivity index (χ0n) is 10.2. The van der Waals surface area contributed by atoms with Crippen LogP contribution in [0.3, 0.4) is 0 Å². The summed E-state index contributed by atoms with van der Waals surface area (Å²) in [4.78, 5) is 11.1. The average molecular weight is 230 g/mol. The molecular formula is C11H22N2O3. The summed E-state index contributed by atoms with van der Waals surface area (Å²) in [6.45, 7) is 8.86. The van der Waals surface area contributed by atoms with Crippen LogP contribution in [0, 0.1) is 0 Å². The van der Waals surface area contributed by atoms with Gasteiger partial charge in [-0.25, -0.2) is 0 Å². The molecule has 0 aliphatic heterocycles. The van der Waals surface area contributed by atoms with Gasteiger partial charge in [-0.15, -0.1) is 0 Å². The average Bonchev–Trinajstić information content (AvgIpc) is 2.26. The molecule has 2 N–H and O–H groups in total. The molecule has 0 rings (SSSR count). The van der Waals surface area contributed by atoms with Crippen LogP contribution in [0.15, 0.2) is 12.2 Å². The molecule has 0 spiro atoms. The van der Waals surface area contributed by atoms with Crippen molar-refractivity contribution >= 4 is 5.91 Å². The molecule has 94 valence electrons. The molecule has 0 unspecified atom stereocenters. The van der Waals surface area contributed by atoms with Crippen molar-refractivity contribution in [3.8, 4) is 0 Å². The zero-order valence-corrected chi connectivity index (χ0v) is 10.2. The Morgan fingerprint density at radius 1 is 1.12 bits per heavy atom. The molecule has 5 nitrogen and oxygen atoms in total. The Kier molecular flexibility index (Phi) is 10.00. The Bertz CT molecular complexity index is 207. The monoisotopic (exact) mass is 230 g/mol. The molecule has 0 radical (unpaired) electrons. The number of amides is 1. The van der Waals surface area contributed by atoms with E-state index >= 15 is 0 Å². The minimum Gasteiger partial charge on any atom is -0.378 e. The van der Waals surface area contributed by atoms with Crippen molar-refractivity contribution in [3.63, 3.8) is 0 Å². The van der Waals surface area contributed by atoms with Crippen LogP contribution in [0.2, 0.25) is 0 Å². The van der Waals surface area contributed by atoms with Gasteiger partial charge in [0.2, 0.25) is 5.91 Å². The fourth-order valence-electron chi connectivity index (χ4n) is 0.884. The van der Waals surface area contributed by atoms with Gasteiger partial charge in [0.05, 0.1) is 26.4 Å². The maximum atomic E-state index is 11.1. The van der Waals surface area contributed by atoms with Gasteiger partial charge in [0.25, 0.3) is 0 Å². The highest BCUT2D eigenvalue weighted by atomic mass is 16.5. The molecule has 0 heterocycles. The summed E-state index contributed by atoms with van der Waals surface area (Å²) in [6.07, 6.45) is 0. The largest absolute Gasteiger partial charge is 0.378 e. The van der Waals surface area contributed by atoms with Gasteiger partial charge in [-0.3, -0.25) is 4.79 Å². The van der Waals surface area contributed by atoms with Crippen molar-refractivity contribution in [1.29, 1.82) is 0 Å². The summed E-state index contributed by atoms with van der Waals surface area (Å²) in [7, 11) is 1.88. The van der Waals surface area contributed by atoms with E-state index in [1.807, 2.05) is 7.05 Å². The Labute approximate surface area is 97.2 Å². The van der Waals surface area contributed by atoms with E-state index in [4.69, 9.17) is 9.47 Å². The van der Waals surface area contributed by atoms with Crippen LogP contribution in [0.1, 0.15) is 6.92 Å². The van der Waals surface area contributed by atoms with Crippen molar-refractivity contribution in [2.24, 2.45) is 0 Å². The first-order valence-electron chi connectivity index (χ1n) is 5.42. The van der Waals surface area contributed by atoms with Gasteiger partial charge in [-0.1, -0.05) is 6.58 Å². The summed E-state index contributed by atoms with van der Waals surface area (Å²) >= 11 is 0. The zero-order chi connectivity index (χ0) is 12.2. The van der Waals surface area contributed by atoms with E-state index in [2.05, 4.69) is 17.2 Å². The van der Waals surface area contributed by atoms with Gasteiger partial charge in [0, 0.05) is 18.7 Å². The number of hydrogen-bond donors (Lipinski definition) is 2. The Morgan fingerprint density at radius 3 is 2.19 bits per heavy atom. The molecule has 0 atom stereocenters. The second-order valence-corrected chi connectivity index (χ2v) is 3.36. The first-order valence-corrected chi connectivity index (χ1v) is 5.42. The molecule has 0 aromatic rings. The summed E-state index contributed by atoms with van der Waals surface area (Å²) in [6, 6.07) is 0. The van der Waals surface area contributed by atoms with Gasteiger partial charge in [-0.05, 0) is 14.0 Å². The summed E-state index contributed by atoms with van der Waals surface area (Å²) < 4.78 is 10.5. The summed E-state index contributed by atoms with van der Waals surface area (Å²) in [5.74, 6) is -0.131. The molecule has 0 saturated carbocycles. The fraction of sp³-hybridized carbons (Fsp3) is 0.727. The number of nitrogens with one attached hydrogen (secondary N) is 2. The van der Waals surface area contributed by atoms with Crippen LogP contribution >= 0.6 is 0 Å². The molecule has 5 heteroatoms. The summed E-state index contributed by atoms with van der Waals surface area (Å²) in [5.41, 5.74) is 0.510. The number of ether oxygens (including phenoxy) is 2. The molecule has 0 fully saturated rings. The molecule has 0 aromatic carbocycles. The normalized spacial score (nSPS) is 10.1. The van der Waals surface area contributed by atoms with Crippen molar-refractivity contribution in [3.05, 3.63) is 12.2 Å². The van der Waals surface area contributed by atoms with Crippen molar-refractivity contribution < 1.29 is 14.3 Å². The maximum Gasteiger partial charge on any atom is 0.246 e. The lowest BCUT2D eigenvalue weighted by Gasteiger charge is -2.06. The van der Waals surface area contributed by atoms with Crippen LogP contribution in [-0.4, -0.2) is 52.5 Å². The maximum absolute atomic E-state index is 11.1. The Morgan fingerprint density at radius 2 is 1.69 bits per heavy atom. The van der Waals surface area contributed by atoms with Gasteiger partial charge in [0.15, 0.2) is 0 Å². The van der Waals surface area contributed by atoms with E-state index in [-0.39, 0.29) is 5.91 Å². The third kappa shape index (κ3) is 9.64. The number of likely N-dealkylation sites (N-methyl/N-ethyl adjacent to an activating group) is 1. The lowest BCUT2D eigenvalue weighted by atomic mass is 10.3. The van der Waals surface area contributed by atoms with E-state index in [0.29, 0.717) is 38.5 Å². The third-order valence-corrected chi connectivity index (χ3v) is 1.79. The van der Waals surface area contributed by atoms with E-state index in [1.165, 1.54) is 0 Å². The highest BCUT2D eigenvalue weighted by Crippen LogP contribution is 1.84. The van der Waals surface area contributed by atoms with Crippen molar-refractivity contribution in [2.75, 3.05) is 46.6 Å².